The molecule has 0 aromatic rings. The SMILES string of the molecule is CC(=O)O[C@]1(C(=O)COC(=O)CCC(=O)NCC(C)(C)[C@H](O)C(=O)O)CC[C@@H]2[C@H]3CCC4=CC(=O)CC[C@]4(C)[C@H]3CC[C@@]21C. The zero-order chi connectivity index (χ0) is 32.7. The molecular formula is C33H47NO10. The van der Waals surface area contributed by atoms with E-state index in [1.54, 1.807) is 0 Å². The smallest absolute Gasteiger partial charge is 0.333 e. The highest BCUT2D eigenvalue weighted by molar-refractivity contribution is 5.93. The van der Waals surface area contributed by atoms with Crippen LogP contribution in [0.3, 0.4) is 0 Å². The molecule has 0 spiro atoms. The molecule has 4 rings (SSSR count). The lowest BCUT2D eigenvalue weighted by atomic mass is 9.46. The van der Waals surface area contributed by atoms with Gasteiger partial charge >= 0.3 is 17.9 Å². The number of esters is 2. The summed E-state index contributed by atoms with van der Waals surface area (Å²) in [5.74, 6) is -2.64. The van der Waals surface area contributed by atoms with Crippen LogP contribution in [0.4, 0.5) is 0 Å². The van der Waals surface area contributed by atoms with Crippen molar-refractivity contribution < 1.29 is 48.5 Å². The Morgan fingerprint density at radius 2 is 1.70 bits per heavy atom. The van der Waals surface area contributed by atoms with E-state index in [1.165, 1.54) is 26.3 Å². The van der Waals surface area contributed by atoms with Gasteiger partial charge in [0.1, 0.15) is 0 Å². The van der Waals surface area contributed by atoms with Crippen LogP contribution < -0.4 is 5.32 Å². The van der Waals surface area contributed by atoms with Gasteiger partial charge < -0.3 is 25.0 Å². The normalized spacial score (nSPS) is 33.5. The molecule has 1 amide bonds. The zero-order valence-corrected chi connectivity index (χ0v) is 26.5. The van der Waals surface area contributed by atoms with Crippen molar-refractivity contribution in [1.29, 1.82) is 0 Å². The van der Waals surface area contributed by atoms with E-state index in [4.69, 9.17) is 14.6 Å². The number of ether oxygens (including phenoxy) is 2. The Morgan fingerprint density at radius 3 is 2.36 bits per heavy atom. The Hall–Kier alpha value is -3.08. The lowest BCUT2D eigenvalue weighted by molar-refractivity contribution is -0.191. The molecule has 0 radical (unpaired) electrons. The van der Waals surface area contributed by atoms with Crippen LogP contribution in [0.25, 0.3) is 0 Å². The first-order valence-corrected chi connectivity index (χ1v) is 15.8. The number of carboxylic acids is 1. The number of fused-ring (bicyclic) bond motifs is 5. The molecular weight excluding hydrogens is 570 g/mol. The Morgan fingerprint density at radius 1 is 1.02 bits per heavy atom. The maximum atomic E-state index is 13.9. The van der Waals surface area contributed by atoms with Gasteiger partial charge in [0.25, 0.3) is 0 Å². The topological polar surface area (TPSA) is 173 Å². The fraction of sp³-hybridized carbons (Fsp3) is 0.758. The largest absolute Gasteiger partial charge is 0.479 e. The van der Waals surface area contributed by atoms with Crippen molar-refractivity contribution in [2.45, 2.75) is 111 Å². The van der Waals surface area contributed by atoms with Crippen LogP contribution in [0.15, 0.2) is 11.6 Å². The summed E-state index contributed by atoms with van der Waals surface area (Å²) in [5, 5.41) is 21.3. The predicted octanol–water partition coefficient (Wildman–Crippen LogP) is 3.30. The highest BCUT2D eigenvalue weighted by atomic mass is 16.6. The van der Waals surface area contributed by atoms with Gasteiger partial charge in [0, 0.05) is 37.1 Å². The number of carboxylic acid groups (broad SMARTS) is 1. The quantitative estimate of drug-likeness (QED) is 0.292. The van der Waals surface area contributed by atoms with E-state index in [0.717, 1.165) is 25.7 Å². The second-order valence-electron chi connectivity index (χ2n) is 14.5. The van der Waals surface area contributed by atoms with Gasteiger partial charge in [-0.3, -0.25) is 24.0 Å². The first kappa shape index (κ1) is 33.8. The van der Waals surface area contributed by atoms with Gasteiger partial charge in [-0.2, -0.15) is 0 Å². The number of aliphatic carboxylic acids is 1. The van der Waals surface area contributed by atoms with E-state index >= 15 is 0 Å². The lowest BCUT2D eigenvalue weighted by Gasteiger charge is -2.59. The van der Waals surface area contributed by atoms with Crippen LogP contribution in [-0.2, 0) is 38.2 Å². The summed E-state index contributed by atoms with van der Waals surface area (Å²) in [4.78, 5) is 74.3. The van der Waals surface area contributed by atoms with Crippen molar-refractivity contribution in [3.63, 3.8) is 0 Å². The molecule has 0 aromatic carbocycles. The molecule has 3 fully saturated rings. The third-order valence-electron chi connectivity index (χ3n) is 11.5. The first-order valence-electron chi connectivity index (χ1n) is 15.8. The Labute approximate surface area is 258 Å². The predicted molar refractivity (Wildman–Crippen MR) is 157 cm³/mol. The summed E-state index contributed by atoms with van der Waals surface area (Å²) in [7, 11) is 0. The van der Waals surface area contributed by atoms with Gasteiger partial charge in [-0.05, 0) is 74.2 Å². The average molecular weight is 618 g/mol. The highest BCUT2D eigenvalue weighted by Gasteiger charge is 2.68. The van der Waals surface area contributed by atoms with Crippen LogP contribution in [0.5, 0.6) is 0 Å². The van der Waals surface area contributed by atoms with E-state index in [0.29, 0.717) is 37.5 Å². The minimum absolute atomic E-state index is 0.0392. The standard InChI is InChI=1S/C33H47NO10/c1-19(35)44-33(25(37)17-43-27(39)9-8-26(38)34-18-30(2,3)28(40)29(41)42)15-12-24-22-7-6-20-16-21(36)10-13-31(20,4)23(22)11-14-32(24,33)5/h16,22-24,28,40H,6-15,17-18H2,1-5H3,(H,34,38)(H,41,42)/t22-,23-,24+,28+,31-,32-,33-/m0/s1. The van der Waals surface area contributed by atoms with E-state index in [-0.39, 0.29) is 36.5 Å². The number of ketones is 2. The molecule has 0 aliphatic heterocycles. The summed E-state index contributed by atoms with van der Waals surface area (Å²) in [6.07, 6.45) is 5.40. The van der Waals surface area contributed by atoms with Crippen molar-refractivity contribution in [3.8, 4) is 0 Å². The maximum absolute atomic E-state index is 13.9. The number of Topliss-reactive ketones (excluding diaryl/α,β-unsaturated/α-hetero) is 1. The number of nitrogens with one attached hydrogen (secondary N) is 1. The van der Waals surface area contributed by atoms with E-state index < -0.39 is 58.7 Å². The number of allylic oxidation sites excluding steroid dienone is 1. The molecule has 4 aliphatic carbocycles. The fourth-order valence-corrected chi connectivity index (χ4v) is 8.88. The zero-order valence-electron chi connectivity index (χ0n) is 26.5. The number of hydrogen-bond donors (Lipinski definition) is 3. The number of amides is 1. The van der Waals surface area contributed by atoms with Crippen LogP contribution in [0.1, 0.15) is 98.8 Å². The Balaban J connectivity index is 1.39. The van der Waals surface area contributed by atoms with Crippen molar-refractivity contribution in [1.82, 2.24) is 5.32 Å². The molecule has 3 N–H and O–H groups in total. The summed E-state index contributed by atoms with van der Waals surface area (Å²) in [5.41, 5.74) is -1.96. The minimum atomic E-state index is -1.68. The number of rotatable bonds is 11. The molecule has 3 saturated carbocycles. The second-order valence-corrected chi connectivity index (χ2v) is 14.5. The molecule has 0 bridgehead atoms. The number of carbonyl (C=O) groups is 6. The van der Waals surface area contributed by atoms with Crippen LogP contribution in [0, 0.1) is 34.0 Å². The summed E-state index contributed by atoms with van der Waals surface area (Å²) >= 11 is 0. The summed E-state index contributed by atoms with van der Waals surface area (Å²) < 4.78 is 11.2. The molecule has 11 nitrogen and oxygen atoms in total. The molecule has 44 heavy (non-hydrogen) atoms. The fourth-order valence-electron chi connectivity index (χ4n) is 8.88. The van der Waals surface area contributed by atoms with Gasteiger partial charge in [-0.1, -0.05) is 33.3 Å². The third-order valence-corrected chi connectivity index (χ3v) is 11.5. The van der Waals surface area contributed by atoms with E-state index in [2.05, 4.69) is 12.2 Å². The third kappa shape index (κ3) is 6.08. The summed E-state index contributed by atoms with van der Waals surface area (Å²) in [6.45, 7) is 7.90. The van der Waals surface area contributed by atoms with Gasteiger partial charge in [-0.15, -0.1) is 0 Å². The monoisotopic (exact) mass is 617 g/mol. The number of aliphatic hydroxyl groups excluding tert-OH is 1. The summed E-state index contributed by atoms with van der Waals surface area (Å²) in [6, 6.07) is 0. The van der Waals surface area contributed by atoms with Gasteiger partial charge in [-0.25, -0.2) is 4.79 Å². The minimum Gasteiger partial charge on any atom is -0.479 e. The van der Waals surface area contributed by atoms with Gasteiger partial charge in [0.05, 0.1) is 6.42 Å². The van der Waals surface area contributed by atoms with Gasteiger partial charge in [0.2, 0.25) is 11.7 Å². The molecule has 4 aliphatic rings. The molecule has 0 saturated heterocycles. The number of carbonyl (C=O) groups excluding carboxylic acids is 5. The highest BCUT2D eigenvalue weighted by Crippen LogP contribution is 2.68. The molecule has 244 valence electrons. The molecule has 7 atom stereocenters. The van der Waals surface area contributed by atoms with Crippen molar-refractivity contribution in [3.05, 3.63) is 11.6 Å². The van der Waals surface area contributed by atoms with Gasteiger partial charge in [0.15, 0.2) is 24.1 Å². The number of aliphatic hydroxyl groups is 1. The van der Waals surface area contributed by atoms with Crippen molar-refractivity contribution in [2.24, 2.45) is 34.0 Å². The molecule has 0 unspecified atom stereocenters. The average Bonchev–Trinajstić information content (AvgIpc) is 3.25. The number of hydrogen-bond acceptors (Lipinski definition) is 9. The van der Waals surface area contributed by atoms with Crippen molar-refractivity contribution >= 4 is 35.4 Å². The van der Waals surface area contributed by atoms with Crippen LogP contribution in [-0.4, -0.2) is 70.5 Å². The first-order chi connectivity index (χ1) is 20.5. The Kier molecular flexibility index (Phi) is 9.50. The molecule has 11 heteroatoms. The van der Waals surface area contributed by atoms with Crippen LogP contribution in [0.2, 0.25) is 0 Å². The van der Waals surface area contributed by atoms with E-state index in [9.17, 15) is 33.9 Å². The van der Waals surface area contributed by atoms with Crippen LogP contribution >= 0.6 is 0 Å². The lowest BCUT2D eigenvalue weighted by Crippen LogP contribution is -2.59. The molecule has 0 aromatic heterocycles. The van der Waals surface area contributed by atoms with Crippen molar-refractivity contribution in [2.75, 3.05) is 13.2 Å². The molecule has 0 heterocycles. The Bertz CT molecular complexity index is 1250. The maximum Gasteiger partial charge on any atom is 0.333 e. The van der Waals surface area contributed by atoms with E-state index in [1.807, 2.05) is 13.0 Å². The second kappa shape index (κ2) is 12.4.